The Balaban J connectivity index is 1.51. The molecule has 0 unspecified atom stereocenters. The second-order valence-electron chi connectivity index (χ2n) is 8.62. The number of aryl methyl sites for hydroxylation is 1. The van der Waals surface area contributed by atoms with Gasteiger partial charge in [0.2, 0.25) is 5.91 Å². The highest BCUT2D eigenvalue weighted by atomic mass is 19.4. The first-order valence-corrected chi connectivity index (χ1v) is 11.0. The van der Waals surface area contributed by atoms with E-state index in [1.807, 2.05) is 12.1 Å². The zero-order valence-corrected chi connectivity index (χ0v) is 19.4. The van der Waals surface area contributed by atoms with Gasteiger partial charge in [-0.2, -0.15) is 13.2 Å². The first-order valence-electron chi connectivity index (χ1n) is 11.0. The monoisotopic (exact) mass is 485 g/mol. The maximum atomic E-state index is 12.8. The number of ether oxygens (including phenoxy) is 1. The number of nitrogens with one attached hydrogen (secondary N) is 1. The molecule has 8 heteroatoms. The summed E-state index contributed by atoms with van der Waals surface area (Å²) in [6, 6.07) is 18.9. The van der Waals surface area contributed by atoms with Crippen molar-refractivity contribution in [3.63, 3.8) is 0 Å². The van der Waals surface area contributed by atoms with E-state index in [-0.39, 0.29) is 12.3 Å². The van der Waals surface area contributed by atoms with E-state index < -0.39 is 23.3 Å². The van der Waals surface area contributed by atoms with Crippen molar-refractivity contribution < 1.29 is 32.6 Å². The topological polar surface area (TPSA) is 75.6 Å². The lowest BCUT2D eigenvalue weighted by molar-refractivity contribution is -0.152. The number of carboxylic acids is 1. The molecule has 5 nitrogen and oxygen atoms in total. The fraction of sp³-hybridized carbons (Fsp3) is 0.259. The van der Waals surface area contributed by atoms with Crippen LogP contribution in [0.2, 0.25) is 0 Å². The third kappa shape index (κ3) is 7.34. The van der Waals surface area contributed by atoms with Gasteiger partial charge in [-0.1, -0.05) is 36.4 Å². The van der Waals surface area contributed by atoms with Gasteiger partial charge < -0.3 is 15.2 Å². The van der Waals surface area contributed by atoms with Crippen molar-refractivity contribution >= 4 is 17.6 Å². The first kappa shape index (κ1) is 25.8. The number of carboxylic acid groups (broad SMARTS) is 1. The second kappa shape index (κ2) is 10.6. The summed E-state index contributed by atoms with van der Waals surface area (Å²) in [5.74, 6) is -0.776. The Labute approximate surface area is 201 Å². The quantitative estimate of drug-likeness (QED) is 0.359. The predicted molar refractivity (Wildman–Crippen MR) is 127 cm³/mol. The summed E-state index contributed by atoms with van der Waals surface area (Å²) in [5, 5.41) is 12.0. The molecule has 3 aromatic rings. The number of halogens is 3. The Kier molecular flexibility index (Phi) is 7.84. The number of amides is 1. The maximum absolute atomic E-state index is 12.8. The first-order chi connectivity index (χ1) is 16.4. The lowest BCUT2D eigenvalue weighted by Gasteiger charge is -2.21. The lowest BCUT2D eigenvalue weighted by Crippen LogP contribution is -2.37. The van der Waals surface area contributed by atoms with E-state index in [0.29, 0.717) is 35.4 Å². The number of carbonyl (C=O) groups excluding carboxylic acids is 1. The van der Waals surface area contributed by atoms with Crippen LogP contribution in [-0.4, -0.2) is 22.6 Å². The average Bonchev–Trinajstić information content (AvgIpc) is 2.79. The highest BCUT2D eigenvalue weighted by Crippen LogP contribution is 2.31. The molecular weight excluding hydrogens is 459 g/mol. The summed E-state index contributed by atoms with van der Waals surface area (Å²) in [5.41, 5.74) is 0.830. The summed E-state index contributed by atoms with van der Waals surface area (Å²) in [4.78, 5) is 23.5. The number of hydrogen-bond acceptors (Lipinski definition) is 3. The predicted octanol–water partition coefficient (Wildman–Crippen LogP) is 6.58. The molecule has 0 radical (unpaired) electrons. The minimum atomic E-state index is -4.39. The van der Waals surface area contributed by atoms with E-state index in [4.69, 9.17) is 9.84 Å². The van der Waals surface area contributed by atoms with Crippen LogP contribution in [0.15, 0.2) is 72.8 Å². The van der Waals surface area contributed by atoms with Gasteiger partial charge in [0, 0.05) is 12.1 Å². The minimum absolute atomic E-state index is 0.169. The van der Waals surface area contributed by atoms with Gasteiger partial charge in [0.25, 0.3) is 0 Å². The van der Waals surface area contributed by atoms with E-state index >= 15 is 0 Å². The molecule has 0 saturated carbocycles. The van der Waals surface area contributed by atoms with E-state index in [2.05, 4.69) is 5.32 Å². The summed E-state index contributed by atoms with van der Waals surface area (Å²) in [7, 11) is 0. The number of hydrogen-bond donors (Lipinski definition) is 2. The molecule has 0 saturated heterocycles. The van der Waals surface area contributed by atoms with E-state index in [1.54, 1.807) is 36.4 Å². The Hall–Kier alpha value is -3.81. The van der Waals surface area contributed by atoms with Crippen molar-refractivity contribution in [2.24, 2.45) is 0 Å². The maximum Gasteiger partial charge on any atom is 0.416 e. The van der Waals surface area contributed by atoms with Crippen LogP contribution in [0.1, 0.15) is 37.8 Å². The third-order valence-electron chi connectivity index (χ3n) is 5.37. The fourth-order valence-electron chi connectivity index (χ4n) is 3.37. The Morgan fingerprint density at radius 3 is 2.17 bits per heavy atom. The molecule has 0 atom stereocenters. The molecule has 35 heavy (non-hydrogen) atoms. The Morgan fingerprint density at radius 2 is 1.57 bits per heavy atom. The number of benzene rings is 3. The van der Waals surface area contributed by atoms with E-state index in [1.165, 1.54) is 26.0 Å². The highest BCUT2D eigenvalue weighted by Gasteiger charge is 2.30. The molecular formula is C27H26F3NO4. The largest absolute Gasteiger partial charge is 0.478 e. The second-order valence-corrected chi connectivity index (χ2v) is 8.62. The molecule has 3 aromatic carbocycles. The molecule has 3 rings (SSSR count). The summed E-state index contributed by atoms with van der Waals surface area (Å²) in [6.07, 6.45) is -2.84. The van der Waals surface area contributed by atoms with Crippen LogP contribution in [0.25, 0.3) is 11.1 Å². The molecule has 0 heterocycles. The average molecular weight is 486 g/mol. The number of rotatable bonds is 9. The van der Waals surface area contributed by atoms with Gasteiger partial charge >= 0.3 is 12.1 Å². The van der Waals surface area contributed by atoms with Gasteiger partial charge in [-0.05, 0) is 79.8 Å². The molecule has 0 bridgehead atoms. The number of aliphatic carboxylic acids is 1. The van der Waals surface area contributed by atoms with Crippen molar-refractivity contribution in [1.82, 2.24) is 0 Å². The fourth-order valence-corrected chi connectivity index (χ4v) is 3.37. The van der Waals surface area contributed by atoms with Crippen LogP contribution in [0.3, 0.4) is 0 Å². The SMILES string of the molecule is CC(C)(Oc1ccc(CCCC(=O)Nc2cccc(-c3ccc(C(F)(F)F)cc3)c2)cc1)C(=O)O. The lowest BCUT2D eigenvalue weighted by atomic mass is 10.0. The molecule has 0 aromatic heterocycles. The molecule has 0 aliphatic rings. The van der Waals surface area contributed by atoms with Crippen LogP contribution >= 0.6 is 0 Å². The van der Waals surface area contributed by atoms with Crippen LogP contribution in [-0.2, 0) is 22.2 Å². The van der Waals surface area contributed by atoms with Crippen LogP contribution in [0.5, 0.6) is 5.75 Å². The van der Waals surface area contributed by atoms with Crippen LogP contribution in [0.4, 0.5) is 18.9 Å². The van der Waals surface area contributed by atoms with Gasteiger partial charge in [-0.15, -0.1) is 0 Å². The Morgan fingerprint density at radius 1 is 0.914 bits per heavy atom. The third-order valence-corrected chi connectivity index (χ3v) is 5.37. The minimum Gasteiger partial charge on any atom is -0.478 e. The van der Waals surface area contributed by atoms with E-state index in [9.17, 15) is 22.8 Å². The molecule has 2 N–H and O–H groups in total. The zero-order chi connectivity index (χ0) is 25.6. The van der Waals surface area contributed by atoms with Crippen molar-refractivity contribution in [1.29, 1.82) is 0 Å². The smallest absolute Gasteiger partial charge is 0.416 e. The molecule has 0 aliphatic carbocycles. The van der Waals surface area contributed by atoms with Gasteiger partial charge in [0.1, 0.15) is 5.75 Å². The number of anilines is 1. The summed E-state index contributed by atoms with van der Waals surface area (Å²) < 4.78 is 43.8. The number of alkyl halides is 3. The van der Waals surface area contributed by atoms with Gasteiger partial charge in [0.05, 0.1) is 5.56 Å². The number of carbonyl (C=O) groups is 2. The van der Waals surface area contributed by atoms with Crippen molar-refractivity contribution in [2.75, 3.05) is 5.32 Å². The van der Waals surface area contributed by atoms with Crippen LogP contribution < -0.4 is 10.1 Å². The van der Waals surface area contributed by atoms with Crippen LogP contribution in [0, 0.1) is 0 Å². The van der Waals surface area contributed by atoms with E-state index in [0.717, 1.165) is 17.7 Å². The highest BCUT2D eigenvalue weighted by molar-refractivity contribution is 5.91. The summed E-state index contributed by atoms with van der Waals surface area (Å²) >= 11 is 0. The van der Waals surface area contributed by atoms with Gasteiger partial charge in [-0.25, -0.2) is 4.79 Å². The molecule has 184 valence electrons. The zero-order valence-electron chi connectivity index (χ0n) is 19.4. The Bertz CT molecular complexity index is 1170. The molecule has 0 spiro atoms. The van der Waals surface area contributed by atoms with Crippen molar-refractivity contribution in [2.45, 2.75) is 44.9 Å². The molecule has 0 fully saturated rings. The molecule has 1 amide bonds. The molecule has 0 aliphatic heterocycles. The van der Waals surface area contributed by atoms with Crippen molar-refractivity contribution in [3.8, 4) is 16.9 Å². The van der Waals surface area contributed by atoms with Gasteiger partial charge in [0.15, 0.2) is 5.60 Å². The normalized spacial score (nSPS) is 11.7. The van der Waals surface area contributed by atoms with Gasteiger partial charge in [-0.3, -0.25) is 4.79 Å². The standard InChI is InChI=1S/C27H26F3NO4/c1-26(2,25(33)34)35-23-15-9-18(10-16-23)5-3-8-24(32)31-22-7-4-6-20(17-22)19-11-13-21(14-12-19)27(28,29)30/h4,6-7,9-17H,3,5,8H2,1-2H3,(H,31,32)(H,33,34). The summed E-state index contributed by atoms with van der Waals surface area (Å²) in [6.45, 7) is 2.95. The van der Waals surface area contributed by atoms with Crippen molar-refractivity contribution in [3.05, 3.63) is 83.9 Å².